The molecular weight excluding hydrogens is 330 g/mol. The predicted octanol–water partition coefficient (Wildman–Crippen LogP) is 2.65. The molecule has 6 nitrogen and oxygen atoms in total. The van der Waals surface area contributed by atoms with Crippen molar-refractivity contribution in [2.45, 2.75) is 51.2 Å². The number of carbonyl (C=O) groups is 2. The molecule has 1 aromatic heterocycles. The van der Waals surface area contributed by atoms with Crippen molar-refractivity contribution in [1.29, 1.82) is 0 Å². The second kappa shape index (κ2) is 6.25. The molecule has 1 aliphatic carbocycles. The van der Waals surface area contributed by atoms with Crippen molar-refractivity contribution >= 4 is 12.0 Å². The van der Waals surface area contributed by atoms with Gasteiger partial charge in [0.15, 0.2) is 0 Å². The lowest BCUT2D eigenvalue weighted by molar-refractivity contribution is -0.133. The van der Waals surface area contributed by atoms with Crippen LogP contribution in [0.3, 0.4) is 0 Å². The maximum absolute atomic E-state index is 13.0. The van der Waals surface area contributed by atoms with Gasteiger partial charge in [-0.3, -0.25) is 9.78 Å². The monoisotopic (exact) mass is 357 g/mol. The van der Waals surface area contributed by atoms with Crippen LogP contribution in [0.25, 0.3) is 0 Å². The molecular formula is C20H27N3O3. The van der Waals surface area contributed by atoms with Gasteiger partial charge in [-0.15, -0.1) is 0 Å². The second-order valence-electron chi connectivity index (χ2n) is 8.77. The number of aromatic nitrogens is 1. The summed E-state index contributed by atoms with van der Waals surface area (Å²) in [5.74, 6) is 1.01. The number of fused-ring (bicyclic) bond motifs is 1. The topological polar surface area (TPSA) is 62.7 Å². The standard InChI is InChI=1S/C20H27N3O3/c1-20(2,3)26-19(25)22-11-14-6-8-23(17(14)12-22)18(24)16-9-15(16)13-5-4-7-21-10-13/h4-5,7,10,14-17H,6,8-9,11-12H2,1-3H3/t14-,15+,16-,17+/m1/s1. The minimum Gasteiger partial charge on any atom is -0.444 e. The Hall–Kier alpha value is -2.11. The van der Waals surface area contributed by atoms with Crippen molar-refractivity contribution in [3.63, 3.8) is 0 Å². The summed E-state index contributed by atoms with van der Waals surface area (Å²) in [5, 5.41) is 0. The van der Waals surface area contributed by atoms with E-state index in [0.29, 0.717) is 24.9 Å². The van der Waals surface area contributed by atoms with Crippen LogP contribution in [0.4, 0.5) is 4.79 Å². The molecule has 3 heterocycles. The number of amides is 2. The lowest BCUT2D eigenvalue weighted by Gasteiger charge is -2.27. The van der Waals surface area contributed by atoms with E-state index in [1.807, 2.05) is 37.9 Å². The van der Waals surface area contributed by atoms with E-state index in [-0.39, 0.29) is 24.0 Å². The van der Waals surface area contributed by atoms with Crippen LogP contribution in [0, 0.1) is 11.8 Å². The Balaban J connectivity index is 1.38. The molecule has 0 N–H and O–H groups in total. The molecule has 3 fully saturated rings. The van der Waals surface area contributed by atoms with Crippen LogP contribution in [0.5, 0.6) is 0 Å². The van der Waals surface area contributed by atoms with E-state index in [1.54, 1.807) is 11.1 Å². The zero-order valence-corrected chi connectivity index (χ0v) is 15.7. The highest BCUT2D eigenvalue weighted by molar-refractivity contribution is 5.84. The summed E-state index contributed by atoms with van der Waals surface area (Å²) in [4.78, 5) is 33.3. The minimum atomic E-state index is -0.491. The molecule has 0 bridgehead atoms. The third kappa shape index (κ3) is 3.29. The van der Waals surface area contributed by atoms with Crippen molar-refractivity contribution in [2.24, 2.45) is 11.8 Å². The molecule has 0 spiro atoms. The van der Waals surface area contributed by atoms with Gasteiger partial charge in [0.1, 0.15) is 5.60 Å². The first-order valence-corrected chi connectivity index (χ1v) is 9.52. The Morgan fingerprint density at radius 3 is 2.77 bits per heavy atom. The zero-order valence-electron chi connectivity index (χ0n) is 15.7. The highest BCUT2D eigenvalue weighted by Crippen LogP contribution is 2.49. The largest absolute Gasteiger partial charge is 0.444 e. The molecule has 1 aromatic rings. The number of likely N-dealkylation sites (tertiary alicyclic amines) is 2. The maximum atomic E-state index is 13.0. The van der Waals surface area contributed by atoms with Crippen molar-refractivity contribution in [2.75, 3.05) is 19.6 Å². The molecule has 0 unspecified atom stereocenters. The molecule has 1 saturated carbocycles. The van der Waals surface area contributed by atoms with E-state index in [4.69, 9.17) is 4.74 Å². The smallest absolute Gasteiger partial charge is 0.410 e. The van der Waals surface area contributed by atoms with Crippen molar-refractivity contribution < 1.29 is 14.3 Å². The highest BCUT2D eigenvalue weighted by atomic mass is 16.6. The van der Waals surface area contributed by atoms with Crippen LogP contribution in [-0.4, -0.2) is 58.1 Å². The van der Waals surface area contributed by atoms with Crippen LogP contribution in [0.2, 0.25) is 0 Å². The quantitative estimate of drug-likeness (QED) is 0.816. The van der Waals surface area contributed by atoms with Crippen LogP contribution in [-0.2, 0) is 9.53 Å². The number of hydrogen-bond acceptors (Lipinski definition) is 4. The van der Waals surface area contributed by atoms with Gasteiger partial charge in [-0.25, -0.2) is 4.79 Å². The third-order valence-electron chi connectivity index (χ3n) is 5.70. The van der Waals surface area contributed by atoms with E-state index in [1.165, 1.54) is 0 Å². The Bertz CT molecular complexity index is 700. The molecule has 2 amide bonds. The van der Waals surface area contributed by atoms with Gasteiger partial charge in [0.25, 0.3) is 0 Å². The SMILES string of the molecule is CC(C)(C)OC(=O)N1C[C@H]2CCN(C(=O)[C@@H]3C[C@H]3c3cccnc3)[C@H]2C1. The molecule has 4 atom stereocenters. The molecule has 2 aliphatic heterocycles. The summed E-state index contributed by atoms with van der Waals surface area (Å²) in [5.41, 5.74) is 0.665. The van der Waals surface area contributed by atoms with Crippen LogP contribution in [0.1, 0.15) is 45.1 Å². The molecule has 0 radical (unpaired) electrons. The third-order valence-corrected chi connectivity index (χ3v) is 5.70. The molecule has 140 valence electrons. The summed E-state index contributed by atoms with van der Waals surface area (Å²) in [6, 6.07) is 4.12. The van der Waals surface area contributed by atoms with E-state index >= 15 is 0 Å². The number of pyridine rings is 1. The fraction of sp³-hybridized carbons (Fsp3) is 0.650. The van der Waals surface area contributed by atoms with Crippen LogP contribution in [0.15, 0.2) is 24.5 Å². The molecule has 3 aliphatic rings. The van der Waals surface area contributed by atoms with E-state index in [9.17, 15) is 9.59 Å². The summed E-state index contributed by atoms with van der Waals surface area (Å²) in [6.07, 6.45) is 5.25. The van der Waals surface area contributed by atoms with E-state index < -0.39 is 5.60 Å². The number of carbonyl (C=O) groups excluding carboxylic acids is 2. The summed E-state index contributed by atoms with van der Waals surface area (Å²) < 4.78 is 5.49. The lowest BCUT2D eigenvalue weighted by Crippen LogP contribution is -2.42. The van der Waals surface area contributed by atoms with E-state index in [2.05, 4.69) is 11.1 Å². The Morgan fingerprint density at radius 2 is 2.08 bits per heavy atom. The average molecular weight is 357 g/mol. The van der Waals surface area contributed by atoms with Gasteiger partial charge in [0, 0.05) is 43.9 Å². The average Bonchev–Trinajstić information content (AvgIpc) is 3.11. The maximum Gasteiger partial charge on any atom is 0.410 e. The zero-order chi connectivity index (χ0) is 18.5. The van der Waals surface area contributed by atoms with Gasteiger partial charge >= 0.3 is 6.09 Å². The van der Waals surface area contributed by atoms with Crippen molar-refractivity contribution in [3.05, 3.63) is 30.1 Å². The molecule has 2 saturated heterocycles. The van der Waals surface area contributed by atoms with E-state index in [0.717, 1.165) is 24.9 Å². The van der Waals surface area contributed by atoms with Gasteiger partial charge in [0.05, 0.1) is 6.04 Å². The first kappa shape index (κ1) is 17.3. The number of rotatable bonds is 2. The van der Waals surface area contributed by atoms with Gasteiger partial charge in [-0.2, -0.15) is 0 Å². The minimum absolute atomic E-state index is 0.0773. The molecule has 26 heavy (non-hydrogen) atoms. The van der Waals surface area contributed by atoms with Gasteiger partial charge in [-0.05, 0) is 51.2 Å². The van der Waals surface area contributed by atoms with Crippen molar-refractivity contribution in [3.8, 4) is 0 Å². The summed E-state index contributed by atoms with van der Waals surface area (Å²) in [7, 11) is 0. The number of hydrogen-bond donors (Lipinski definition) is 0. The fourth-order valence-electron chi connectivity index (χ4n) is 4.36. The van der Waals surface area contributed by atoms with Crippen molar-refractivity contribution in [1.82, 2.24) is 14.8 Å². The fourth-order valence-corrected chi connectivity index (χ4v) is 4.36. The Kier molecular flexibility index (Phi) is 4.16. The first-order chi connectivity index (χ1) is 12.3. The predicted molar refractivity (Wildman–Crippen MR) is 96.5 cm³/mol. The number of ether oxygens (including phenoxy) is 1. The van der Waals surface area contributed by atoms with Gasteiger partial charge in [0.2, 0.25) is 5.91 Å². The molecule has 6 heteroatoms. The second-order valence-corrected chi connectivity index (χ2v) is 8.77. The normalized spacial score (nSPS) is 30.3. The Morgan fingerprint density at radius 1 is 1.27 bits per heavy atom. The van der Waals surface area contributed by atoms with Crippen LogP contribution < -0.4 is 0 Å². The Labute approximate surface area is 154 Å². The molecule has 0 aromatic carbocycles. The highest BCUT2D eigenvalue weighted by Gasteiger charge is 2.51. The molecule has 4 rings (SSSR count). The number of nitrogens with zero attached hydrogens (tertiary/aromatic N) is 3. The summed E-state index contributed by atoms with van der Waals surface area (Å²) in [6.45, 7) is 7.73. The van der Waals surface area contributed by atoms with Gasteiger partial charge in [-0.1, -0.05) is 6.07 Å². The first-order valence-electron chi connectivity index (χ1n) is 9.52. The summed E-state index contributed by atoms with van der Waals surface area (Å²) >= 11 is 0. The van der Waals surface area contributed by atoms with Gasteiger partial charge < -0.3 is 14.5 Å². The lowest BCUT2D eigenvalue weighted by atomic mass is 10.0. The van der Waals surface area contributed by atoms with Crippen LogP contribution >= 0.6 is 0 Å².